The summed E-state index contributed by atoms with van der Waals surface area (Å²) >= 11 is 0. The molecule has 19 heavy (non-hydrogen) atoms. The number of piperidine rings is 1. The Morgan fingerprint density at radius 1 is 1.21 bits per heavy atom. The topological polar surface area (TPSA) is 41.9 Å². The van der Waals surface area contributed by atoms with E-state index in [1.54, 1.807) is 6.33 Å². The molecule has 3 rings (SSSR count). The van der Waals surface area contributed by atoms with Gasteiger partial charge in [0.15, 0.2) is 0 Å². The van der Waals surface area contributed by atoms with Crippen molar-refractivity contribution >= 4 is 5.82 Å². The van der Waals surface area contributed by atoms with Crippen LogP contribution in [0.4, 0.5) is 5.82 Å². The molecular weight excluding hydrogens is 236 g/mol. The zero-order chi connectivity index (χ0) is 13.1. The summed E-state index contributed by atoms with van der Waals surface area (Å²) in [6, 6.07) is 6.31. The van der Waals surface area contributed by atoms with Gasteiger partial charge in [0.25, 0.3) is 0 Å². The lowest BCUT2D eigenvalue weighted by Crippen LogP contribution is -2.35. The van der Waals surface area contributed by atoms with Crippen molar-refractivity contribution in [3.63, 3.8) is 0 Å². The van der Waals surface area contributed by atoms with E-state index in [1.807, 2.05) is 19.3 Å². The van der Waals surface area contributed by atoms with Gasteiger partial charge in [-0.2, -0.15) is 0 Å². The van der Waals surface area contributed by atoms with Crippen LogP contribution in [0, 0.1) is 6.92 Å². The molecule has 0 saturated carbocycles. The minimum Gasteiger partial charge on any atom is -0.356 e. The molecular formula is C15H18N4. The minimum absolute atomic E-state index is 0.576. The number of hydrogen-bond acceptors (Lipinski definition) is 4. The van der Waals surface area contributed by atoms with Crippen LogP contribution in [-0.4, -0.2) is 28.0 Å². The number of pyridine rings is 1. The predicted octanol–water partition coefficient (Wildman–Crippen LogP) is 2.56. The molecule has 4 nitrogen and oxygen atoms in total. The van der Waals surface area contributed by atoms with Gasteiger partial charge in [-0.25, -0.2) is 9.97 Å². The van der Waals surface area contributed by atoms with E-state index in [-0.39, 0.29) is 0 Å². The van der Waals surface area contributed by atoms with E-state index in [9.17, 15) is 0 Å². The van der Waals surface area contributed by atoms with Crippen LogP contribution >= 0.6 is 0 Å². The number of anilines is 1. The molecule has 0 amide bonds. The van der Waals surface area contributed by atoms with Crippen LogP contribution in [0.3, 0.4) is 0 Å². The number of hydrogen-bond donors (Lipinski definition) is 0. The lowest BCUT2D eigenvalue weighted by atomic mass is 9.91. The molecule has 2 aromatic heterocycles. The summed E-state index contributed by atoms with van der Waals surface area (Å²) in [4.78, 5) is 15.0. The number of rotatable bonds is 2. The Kier molecular flexibility index (Phi) is 3.40. The van der Waals surface area contributed by atoms with E-state index in [4.69, 9.17) is 0 Å². The van der Waals surface area contributed by atoms with E-state index in [0.717, 1.165) is 24.6 Å². The minimum atomic E-state index is 0.576. The molecule has 1 aliphatic rings. The fourth-order valence-corrected chi connectivity index (χ4v) is 2.71. The first-order chi connectivity index (χ1) is 9.33. The molecule has 98 valence electrons. The van der Waals surface area contributed by atoms with Crippen molar-refractivity contribution in [3.8, 4) is 0 Å². The maximum Gasteiger partial charge on any atom is 0.132 e. The van der Waals surface area contributed by atoms with Gasteiger partial charge >= 0.3 is 0 Å². The van der Waals surface area contributed by atoms with Gasteiger partial charge in [-0.05, 0) is 37.5 Å². The summed E-state index contributed by atoms with van der Waals surface area (Å²) in [5.74, 6) is 1.62. The Hall–Kier alpha value is -1.97. The van der Waals surface area contributed by atoms with Crippen LogP contribution in [0.2, 0.25) is 0 Å². The van der Waals surface area contributed by atoms with Crippen molar-refractivity contribution < 1.29 is 0 Å². The molecule has 1 saturated heterocycles. The second kappa shape index (κ2) is 5.34. The van der Waals surface area contributed by atoms with Crippen molar-refractivity contribution in [2.75, 3.05) is 18.0 Å². The number of aryl methyl sites for hydroxylation is 1. The summed E-state index contributed by atoms with van der Waals surface area (Å²) in [6.45, 7) is 4.12. The zero-order valence-corrected chi connectivity index (χ0v) is 11.2. The van der Waals surface area contributed by atoms with Crippen LogP contribution in [0.15, 0.2) is 36.9 Å². The second-order valence-corrected chi connectivity index (χ2v) is 5.08. The van der Waals surface area contributed by atoms with Crippen molar-refractivity contribution in [1.29, 1.82) is 0 Å². The lowest BCUT2D eigenvalue weighted by molar-refractivity contribution is 0.506. The van der Waals surface area contributed by atoms with Crippen LogP contribution in [-0.2, 0) is 0 Å². The van der Waals surface area contributed by atoms with Gasteiger partial charge < -0.3 is 4.90 Å². The van der Waals surface area contributed by atoms with Gasteiger partial charge in [-0.1, -0.05) is 0 Å². The molecule has 1 aliphatic heterocycles. The maximum absolute atomic E-state index is 4.39. The average Bonchev–Trinajstić information content (AvgIpc) is 2.48. The Morgan fingerprint density at radius 2 is 2.05 bits per heavy atom. The Labute approximate surface area is 113 Å². The molecule has 0 radical (unpaired) electrons. The van der Waals surface area contributed by atoms with E-state index in [1.165, 1.54) is 18.4 Å². The third kappa shape index (κ3) is 2.72. The summed E-state index contributed by atoms with van der Waals surface area (Å²) in [5, 5.41) is 0. The third-order valence-corrected chi connectivity index (χ3v) is 3.71. The normalized spacial score (nSPS) is 19.4. The molecule has 0 aliphatic carbocycles. The second-order valence-electron chi connectivity index (χ2n) is 5.08. The summed E-state index contributed by atoms with van der Waals surface area (Å²) in [5.41, 5.74) is 2.40. The van der Waals surface area contributed by atoms with Crippen molar-refractivity contribution in [1.82, 2.24) is 15.0 Å². The van der Waals surface area contributed by atoms with Crippen molar-refractivity contribution in [2.24, 2.45) is 0 Å². The highest BCUT2D eigenvalue weighted by atomic mass is 15.2. The molecule has 2 aromatic rings. The monoisotopic (exact) mass is 254 g/mol. The first-order valence-electron chi connectivity index (χ1n) is 6.76. The van der Waals surface area contributed by atoms with Crippen LogP contribution in [0.1, 0.15) is 30.0 Å². The Bertz CT molecular complexity index is 541. The maximum atomic E-state index is 4.39. The van der Waals surface area contributed by atoms with Crippen LogP contribution < -0.4 is 4.90 Å². The summed E-state index contributed by atoms with van der Waals surface area (Å²) in [7, 11) is 0. The molecule has 1 atom stereocenters. The van der Waals surface area contributed by atoms with Gasteiger partial charge in [0.1, 0.15) is 12.1 Å². The fraction of sp³-hybridized carbons (Fsp3) is 0.400. The quantitative estimate of drug-likeness (QED) is 0.826. The standard InChI is InChI=1S/C15H18N4/c1-12-9-15(18-11-17-12)19-8-2-3-14(10-19)13-4-6-16-7-5-13/h4-7,9,11,14H,2-3,8,10H2,1H3. The van der Waals surface area contributed by atoms with Gasteiger partial charge in [-0.15, -0.1) is 0 Å². The summed E-state index contributed by atoms with van der Waals surface area (Å²) < 4.78 is 0. The highest BCUT2D eigenvalue weighted by Gasteiger charge is 2.22. The zero-order valence-electron chi connectivity index (χ0n) is 11.2. The Morgan fingerprint density at radius 3 is 2.84 bits per heavy atom. The first-order valence-corrected chi connectivity index (χ1v) is 6.76. The number of aromatic nitrogens is 3. The average molecular weight is 254 g/mol. The summed E-state index contributed by atoms with van der Waals surface area (Å²) in [6.07, 6.45) is 7.85. The molecule has 0 aromatic carbocycles. The molecule has 0 spiro atoms. The van der Waals surface area contributed by atoms with E-state index >= 15 is 0 Å². The van der Waals surface area contributed by atoms with Gasteiger partial charge in [0.05, 0.1) is 0 Å². The van der Waals surface area contributed by atoms with Gasteiger partial charge in [0.2, 0.25) is 0 Å². The fourth-order valence-electron chi connectivity index (χ4n) is 2.71. The highest BCUT2D eigenvalue weighted by Crippen LogP contribution is 2.28. The SMILES string of the molecule is Cc1cc(N2CCCC(c3ccncc3)C2)ncn1. The Balaban J connectivity index is 1.78. The predicted molar refractivity (Wildman–Crippen MR) is 75.2 cm³/mol. The molecule has 1 unspecified atom stereocenters. The first kappa shape index (κ1) is 12.1. The van der Waals surface area contributed by atoms with E-state index < -0.39 is 0 Å². The van der Waals surface area contributed by atoms with Gasteiger partial charge in [0, 0.05) is 43.2 Å². The largest absolute Gasteiger partial charge is 0.356 e. The molecule has 4 heteroatoms. The molecule has 1 fully saturated rings. The third-order valence-electron chi connectivity index (χ3n) is 3.71. The lowest BCUT2D eigenvalue weighted by Gasteiger charge is -2.33. The van der Waals surface area contributed by atoms with E-state index in [2.05, 4.69) is 38.1 Å². The highest BCUT2D eigenvalue weighted by molar-refractivity contribution is 5.40. The van der Waals surface area contributed by atoms with Crippen molar-refractivity contribution in [2.45, 2.75) is 25.7 Å². The van der Waals surface area contributed by atoms with Crippen LogP contribution in [0.5, 0.6) is 0 Å². The smallest absolute Gasteiger partial charge is 0.132 e. The molecule has 3 heterocycles. The number of nitrogens with zero attached hydrogens (tertiary/aromatic N) is 4. The van der Waals surface area contributed by atoms with Crippen molar-refractivity contribution in [3.05, 3.63) is 48.2 Å². The molecule has 0 bridgehead atoms. The van der Waals surface area contributed by atoms with Crippen LogP contribution in [0.25, 0.3) is 0 Å². The van der Waals surface area contributed by atoms with Gasteiger partial charge in [-0.3, -0.25) is 4.98 Å². The van der Waals surface area contributed by atoms with E-state index in [0.29, 0.717) is 5.92 Å². The molecule has 0 N–H and O–H groups in total.